The summed E-state index contributed by atoms with van der Waals surface area (Å²) in [5.74, 6) is -0.744. The molecule has 2 aromatic rings. The van der Waals surface area contributed by atoms with E-state index >= 15 is 0 Å². The predicted octanol–water partition coefficient (Wildman–Crippen LogP) is 1.82. The molecule has 0 aliphatic carbocycles. The summed E-state index contributed by atoms with van der Waals surface area (Å²) < 4.78 is 9.85. The molecule has 22 heavy (non-hydrogen) atoms. The third-order valence-corrected chi connectivity index (χ3v) is 3.76. The van der Waals surface area contributed by atoms with Crippen LogP contribution in [0.1, 0.15) is 22.8 Å². The number of ether oxygens (including phenoxy) is 2. The van der Waals surface area contributed by atoms with E-state index < -0.39 is 5.97 Å². The number of aromatic amines is 1. The first-order chi connectivity index (χ1) is 10.6. The van der Waals surface area contributed by atoms with Gasteiger partial charge in [-0.3, -0.25) is 4.79 Å². The standard InChI is InChI=1S/C14H15N3O4S/c1-9(22-12-7-15-17-16-12)13(18)21-8-10-3-5-11(6-4-10)14(19)20-2/h3-7,9H,8H2,1-2H3,(H,15,16,17). The topological polar surface area (TPSA) is 94.2 Å². The molecule has 1 aromatic heterocycles. The number of benzene rings is 1. The zero-order chi connectivity index (χ0) is 15.9. The second-order valence-corrected chi connectivity index (χ2v) is 5.73. The largest absolute Gasteiger partial charge is 0.465 e. The third kappa shape index (κ3) is 4.32. The first-order valence-electron chi connectivity index (χ1n) is 6.46. The van der Waals surface area contributed by atoms with Crippen molar-refractivity contribution < 1.29 is 19.1 Å². The van der Waals surface area contributed by atoms with Gasteiger partial charge in [-0.05, 0) is 24.6 Å². The van der Waals surface area contributed by atoms with Gasteiger partial charge in [-0.2, -0.15) is 10.3 Å². The van der Waals surface area contributed by atoms with Gasteiger partial charge in [-0.15, -0.1) is 5.10 Å². The van der Waals surface area contributed by atoms with Crippen molar-refractivity contribution in [1.29, 1.82) is 0 Å². The van der Waals surface area contributed by atoms with Gasteiger partial charge in [0, 0.05) is 0 Å². The lowest BCUT2D eigenvalue weighted by Gasteiger charge is -2.10. The molecular weight excluding hydrogens is 306 g/mol. The fourth-order valence-corrected chi connectivity index (χ4v) is 2.34. The lowest BCUT2D eigenvalue weighted by Crippen LogP contribution is -2.16. The lowest BCUT2D eigenvalue weighted by molar-refractivity contribution is -0.143. The van der Waals surface area contributed by atoms with E-state index in [1.165, 1.54) is 18.9 Å². The number of hydrogen-bond donors (Lipinski definition) is 1. The van der Waals surface area contributed by atoms with Crippen LogP contribution in [-0.4, -0.2) is 39.7 Å². The maximum atomic E-state index is 11.9. The van der Waals surface area contributed by atoms with Crippen molar-refractivity contribution in [2.75, 3.05) is 7.11 Å². The number of carbonyl (C=O) groups is 2. The number of thioether (sulfide) groups is 1. The van der Waals surface area contributed by atoms with Crippen molar-refractivity contribution in [3.63, 3.8) is 0 Å². The maximum absolute atomic E-state index is 11.9. The summed E-state index contributed by atoms with van der Waals surface area (Å²) in [6.45, 7) is 1.88. The summed E-state index contributed by atoms with van der Waals surface area (Å²) in [4.78, 5) is 23.2. The van der Waals surface area contributed by atoms with Crippen LogP contribution < -0.4 is 0 Å². The fourth-order valence-electron chi connectivity index (χ4n) is 1.60. The second kappa shape index (κ2) is 7.60. The summed E-state index contributed by atoms with van der Waals surface area (Å²) in [7, 11) is 1.33. The predicted molar refractivity (Wildman–Crippen MR) is 79.3 cm³/mol. The van der Waals surface area contributed by atoms with Crippen LogP contribution in [0.2, 0.25) is 0 Å². The molecule has 1 N–H and O–H groups in total. The second-order valence-electron chi connectivity index (χ2n) is 4.36. The number of aromatic nitrogens is 3. The summed E-state index contributed by atoms with van der Waals surface area (Å²) in [6.07, 6.45) is 1.54. The first-order valence-corrected chi connectivity index (χ1v) is 7.34. The Kier molecular flexibility index (Phi) is 5.54. The molecule has 1 unspecified atom stereocenters. The molecule has 1 aromatic carbocycles. The zero-order valence-corrected chi connectivity index (χ0v) is 12.9. The highest BCUT2D eigenvalue weighted by Gasteiger charge is 2.17. The Balaban J connectivity index is 1.84. The van der Waals surface area contributed by atoms with E-state index in [1.54, 1.807) is 37.4 Å². The molecule has 0 aliphatic rings. The van der Waals surface area contributed by atoms with Crippen molar-refractivity contribution in [2.24, 2.45) is 0 Å². The molecule has 1 heterocycles. The Hall–Kier alpha value is -2.35. The molecule has 0 bridgehead atoms. The number of nitrogens with one attached hydrogen (secondary N) is 1. The average Bonchev–Trinajstić information content (AvgIpc) is 3.05. The van der Waals surface area contributed by atoms with E-state index in [2.05, 4.69) is 20.1 Å². The van der Waals surface area contributed by atoms with E-state index in [-0.39, 0.29) is 17.8 Å². The van der Waals surface area contributed by atoms with Crippen molar-refractivity contribution >= 4 is 23.7 Å². The van der Waals surface area contributed by atoms with Gasteiger partial charge >= 0.3 is 11.9 Å². The SMILES string of the molecule is COC(=O)c1ccc(COC(=O)C(C)Sc2cn[nH]n2)cc1. The lowest BCUT2D eigenvalue weighted by atomic mass is 10.1. The van der Waals surface area contributed by atoms with E-state index in [0.29, 0.717) is 10.6 Å². The highest BCUT2D eigenvalue weighted by Crippen LogP contribution is 2.20. The molecule has 7 nitrogen and oxygen atoms in total. The van der Waals surface area contributed by atoms with Crippen LogP contribution >= 0.6 is 11.8 Å². The number of carbonyl (C=O) groups excluding carboxylic acids is 2. The van der Waals surface area contributed by atoms with Gasteiger partial charge < -0.3 is 9.47 Å². The van der Waals surface area contributed by atoms with Crippen molar-refractivity contribution in [3.8, 4) is 0 Å². The molecule has 0 aliphatic heterocycles. The van der Waals surface area contributed by atoms with E-state index in [1.807, 2.05) is 0 Å². The maximum Gasteiger partial charge on any atom is 0.337 e. The monoisotopic (exact) mass is 321 g/mol. The van der Waals surface area contributed by atoms with Crippen LogP contribution in [0.4, 0.5) is 0 Å². The minimum atomic E-state index is -0.402. The van der Waals surface area contributed by atoms with Crippen LogP contribution in [0.3, 0.4) is 0 Å². The third-order valence-electron chi connectivity index (χ3n) is 2.78. The smallest absolute Gasteiger partial charge is 0.337 e. The first kappa shape index (κ1) is 16.0. The van der Waals surface area contributed by atoms with Crippen molar-refractivity contribution in [1.82, 2.24) is 15.4 Å². The van der Waals surface area contributed by atoms with Gasteiger partial charge in [0.15, 0.2) is 0 Å². The van der Waals surface area contributed by atoms with Gasteiger partial charge in [-0.1, -0.05) is 23.9 Å². The minimum Gasteiger partial charge on any atom is -0.465 e. The van der Waals surface area contributed by atoms with Crippen LogP contribution in [0.25, 0.3) is 0 Å². The van der Waals surface area contributed by atoms with E-state index in [9.17, 15) is 9.59 Å². The Morgan fingerprint density at radius 2 is 2.05 bits per heavy atom. The van der Waals surface area contributed by atoms with Crippen LogP contribution in [0.15, 0.2) is 35.5 Å². The Morgan fingerprint density at radius 1 is 1.32 bits per heavy atom. The molecule has 0 saturated heterocycles. The quantitative estimate of drug-likeness (QED) is 0.640. The summed E-state index contributed by atoms with van der Waals surface area (Å²) in [5, 5.41) is 10.3. The van der Waals surface area contributed by atoms with Gasteiger partial charge in [0.2, 0.25) is 0 Å². The minimum absolute atomic E-state index is 0.143. The average molecular weight is 321 g/mol. The number of H-pyrrole nitrogens is 1. The van der Waals surface area contributed by atoms with Crippen molar-refractivity contribution in [2.45, 2.75) is 23.8 Å². The van der Waals surface area contributed by atoms with Gasteiger partial charge in [-0.25, -0.2) is 4.79 Å². The van der Waals surface area contributed by atoms with E-state index in [4.69, 9.17) is 4.74 Å². The molecule has 116 valence electrons. The number of rotatable bonds is 6. The fraction of sp³-hybridized carbons (Fsp3) is 0.286. The van der Waals surface area contributed by atoms with E-state index in [0.717, 1.165) is 5.56 Å². The summed E-state index contributed by atoms with van der Waals surface area (Å²) >= 11 is 1.26. The van der Waals surface area contributed by atoms with Crippen LogP contribution in [0, 0.1) is 0 Å². The molecule has 0 fully saturated rings. The molecule has 1 atom stereocenters. The molecular formula is C14H15N3O4S. The van der Waals surface area contributed by atoms with Crippen molar-refractivity contribution in [3.05, 3.63) is 41.6 Å². The Bertz CT molecular complexity index is 628. The number of esters is 2. The van der Waals surface area contributed by atoms with Gasteiger partial charge in [0.1, 0.15) is 16.9 Å². The molecule has 0 radical (unpaired) electrons. The van der Waals surface area contributed by atoms with Crippen LogP contribution in [0.5, 0.6) is 0 Å². The normalized spacial score (nSPS) is 11.7. The Labute approximate surface area is 131 Å². The molecule has 0 saturated carbocycles. The molecule has 8 heteroatoms. The molecule has 0 spiro atoms. The number of nitrogens with zero attached hydrogens (tertiary/aromatic N) is 2. The molecule has 0 amide bonds. The number of methoxy groups -OCH3 is 1. The summed E-state index contributed by atoms with van der Waals surface area (Å²) in [6, 6.07) is 6.69. The van der Waals surface area contributed by atoms with Crippen LogP contribution in [-0.2, 0) is 20.9 Å². The Morgan fingerprint density at radius 3 is 2.64 bits per heavy atom. The number of hydrogen-bond acceptors (Lipinski definition) is 7. The summed E-state index contributed by atoms with van der Waals surface area (Å²) in [5.41, 5.74) is 1.24. The molecule has 2 rings (SSSR count). The highest BCUT2D eigenvalue weighted by atomic mass is 32.2. The van der Waals surface area contributed by atoms with Gasteiger partial charge in [0.05, 0.1) is 18.9 Å². The highest BCUT2D eigenvalue weighted by molar-refractivity contribution is 8.00. The van der Waals surface area contributed by atoms with Gasteiger partial charge in [0.25, 0.3) is 0 Å². The zero-order valence-electron chi connectivity index (χ0n) is 12.1.